The third-order valence-electron chi connectivity index (χ3n) is 3.79. The predicted molar refractivity (Wildman–Crippen MR) is 85.9 cm³/mol. The van der Waals surface area contributed by atoms with Crippen LogP contribution in [0.3, 0.4) is 0 Å². The van der Waals surface area contributed by atoms with Gasteiger partial charge in [-0.1, -0.05) is 6.08 Å². The van der Waals surface area contributed by atoms with Crippen molar-refractivity contribution in [1.82, 2.24) is 9.88 Å². The van der Waals surface area contributed by atoms with Gasteiger partial charge in [-0.3, -0.25) is 4.90 Å². The number of methoxy groups -OCH3 is 1. The molecule has 0 amide bonds. The number of aryl methyl sites for hydroxylation is 1. The lowest BCUT2D eigenvalue weighted by molar-refractivity contribution is 0.0943. The van der Waals surface area contributed by atoms with E-state index in [0.717, 1.165) is 27.9 Å². The third kappa shape index (κ3) is 3.85. The van der Waals surface area contributed by atoms with Gasteiger partial charge in [0.1, 0.15) is 5.75 Å². The van der Waals surface area contributed by atoms with Gasteiger partial charge in [0.15, 0.2) is 0 Å². The lowest BCUT2D eigenvalue weighted by Gasteiger charge is -2.20. The molecule has 0 unspecified atom stereocenters. The first kappa shape index (κ1) is 16.5. The summed E-state index contributed by atoms with van der Waals surface area (Å²) >= 11 is 0. The number of hydrogen-bond donors (Lipinski definition) is 1. The van der Waals surface area contributed by atoms with Gasteiger partial charge in [-0.25, -0.2) is 8.78 Å². The molecule has 0 saturated heterocycles. The van der Waals surface area contributed by atoms with Crippen molar-refractivity contribution in [3.63, 3.8) is 0 Å². The Balaban J connectivity index is 2.19. The summed E-state index contributed by atoms with van der Waals surface area (Å²) in [7, 11) is 1.63. The van der Waals surface area contributed by atoms with Crippen LogP contribution in [-0.2, 0) is 6.42 Å². The summed E-state index contributed by atoms with van der Waals surface area (Å²) in [5.41, 5.74) is 3.26. The van der Waals surface area contributed by atoms with Gasteiger partial charge in [0.25, 0.3) is 6.43 Å². The molecule has 0 saturated carbocycles. The highest BCUT2D eigenvalue weighted by Gasteiger charge is 2.14. The number of rotatable bonds is 8. The van der Waals surface area contributed by atoms with Crippen molar-refractivity contribution in [3.05, 3.63) is 42.1 Å². The molecular weight excluding hydrogens is 286 g/mol. The number of ether oxygens (including phenoxy) is 1. The Morgan fingerprint density at radius 2 is 2.18 bits per heavy atom. The minimum atomic E-state index is -2.33. The minimum absolute atomic E-state index is 0.225. The van der Waals surface area contributed by atoms with Gasteiger partial charge < -0.3 is 9.72 Å². The maximum atomic E-state index is 12.6. The number of aromatic nitrogens is 1. The zero-order chi connectivity index (χ0) is 16.1. The maximum Gasteiger partial charge on any atom is 0.251 e. The summed E-state index contributed by atoms with van der Waals surface area (Å²) in [6, 6.07) is 5.87. The lowest BCUT2D eigenvalue weighted by atomic mass is 10.1. The molecule has 0 aliphatic carbocycles. The smallest absolute Gasteiger partial charge is 0.251 e. The van der Waals surface area contributed by atoms with Gasteiger partial charge in [-0.05, 0) is 37.1 Å². The van der Waals surface area contributed by atoms with Gasteiger partial charge in [-0.15, -0.1) is 6.58 Å². The number of alkyl halides is 2. The molecule has 2 rings (SSSR count). The summed E-state index contributed by atoms with van der Waals surface area (Å²) in [6.07, 6.45) is 0.0386. The Bertz CT molecular complexity index is 637. The van der Waals surface area contributed by atoms with E-state index < -0.39 is 6.43 Å². The monoisotopic (exact) mass is 308 g/mol. The van der Waals surface area contributed by atoms with E-state index in [2.05, 4.69) is 11.6 Å². The Morgan fingerprint density at radius 3 is 2.82 bits per heavy atom. The van der Waals surface area contributed by atoms with Gasteiger partial charge in [0, 0.05) is 29.7 Å². The zero-order valence-corrected chi connectivity index (χ0v) is 13.0. The van der Waals surface area contributed by atoms with E-state index in [1.165, 1.54) is 0 Å². The summed E-state index contributed by atoms with van der Waals surface area (Å²) in [5, 5.41) is 1.09. The van der Waals surface area contributed by atoms with E-state index in [9.17, 15) is 8.78 Å². The van der Waals surface area contributed by atoms with Crippen LogP contribution in [0.2, 0.25) is 0 Å². The van der Waals surface area contributed by atoms with Crippen molar-refractivity contribution in [3.8, 4) is 5.75 Å². The number of benzene rings is 1. The maximum absolute atomic E-state index is 12.6. The van der Waals surface area contributed by atoms with E-state index in [1.807, 2.05) is 25.1 Å². The topological polar surface area (TPSA) is 28.3 Å². The molecule has 0 spiro atoms. The highest BCUT2D eigenvalue weighted by molar-refractivity contribution is 5.86. The van der Waals surface area contributed by atoms with Crippen LogP contribution in [0.15, 0.2) is 30.9 Å². The number of H-pyrrole nitrogens is 1. The largest absolute Gasteiger partial charge is 0.497 e. The van der Waals surface area contributed by atoms with E-state index in [-0.39, 0.29) is 6.54 Å². The van der Waals surface area contributed by atoms with Crippen molar-refractivity contribution < 1.29 is 13.5 Å². The first-order valence-corrected chi connectivity index (χ1v) is 7.31. The fraction of sp³-hybridized carbons (Fsp3) is 0.412. The molecule has 0 bridgehead atoms. The van der Waals surface area contributed by atoms with Crippen molar-refractivity contribution in [2.75, 3.05) is 26.7 Å². The van der Waals surface area contributed by atoms with Crippen LogP contribution in [0.25, 0.3) is 10.9 Å². The summed E-state index contributed by atoms with van der Waals surface area (Å²) < 4.78 is 30.5. The van der Waals surface area contributed by atoms with Crippen molar-refractivity contribution in [2.45, 2.75) is 19.8 Å². The van der Waals surface area contributed by atoms with Crippen LogP contribution in [-0.4, -0.2) is 43.1 Å². The second kappa shape index (κ2) is 7.40. The van der Waals surface area contributed by atoms with Crippen molar-refractivity contribution >= 4 is 10.9 Å². The third-order valence-corrected chi connectivity index (χ3v) is 3.79. The van der Waals surface area contributed by atoms with Gasteiger partial charge in [-0.2, -0.15) is 0 Å². The lowest BCUT2D eigenvalue weighted by Crippen LogP contribution is -2.31. The van der Waals surface area contributed by atoms with Gasteiger partial charge in [0.2, 0.25) is 0 Å². The van der Waals surface area contributed by atoms with E-state index in [4.69, 9.17) is 4.74 Å². The highest BCUT2D eigenvalue weighted by atomic mass is 19.3. The molecule has 1 heterocycles. The summed E-state index contributed by atoms with van der Waals surface area (Å²) in [6.45, 7) is 6.45. The molecule has 1 aromatic heterocycles. The van der Waals surface area contributed by atoms with Crippen LogP contribution in [0.5, 0.6) is 5.75 Å². The molecule has 0 radical (unpaired) electrons. The van der Waals surface area contributed by atoms with Crippen LogP contribution < -0.4 is 4.74 Å². The SMILES string of the molecule is C=CCN(CCc1c(C)[nH]c2ccc(OC)cc12)CC(F)F. The Kier molecular flexibility index (Phi) is 5.55. The molecule has 1 aromatic carbocycles. The Labute approximate surface area is 129 Å². The van der Waals surface area contributed by atoms with Crippen molar-refractivity contribution in [1.29, 1.82) is 0 Å². The number of hydrogen-bond acceptors (Lipinski definition) is 2. The Morgan fingerprint density at radius 1 is 1.41 bits per heavy atom. The average Bonchev–Trinajstić information content (AvgIpc) is 2.79. The number of nitrogens with one attached hydrogen (secondary N) is 1. The quantitative estimate of drug-likeness (QED) is 0.752. The predicted octanol–water partition coefficient (Wildman–Crippen LogP) is 3.78. The first-order valence-electron chi connectivity index (χ1n) is 7.31. The molecule has 1 N–H and O–H groups in total. The normalized spacial score (nSPS) is 11.5. The van der Waals surface area contributed by atoms with Gasteiger partial charge >= 0.3 is 0 Å². The summed E-state index contributed by atoms with van der Waals surface area (Å²) in [5.74, 6) is 0.795. The number of aromatic amines is 1. The molecule has 3 nitrogen and oxygen atoms in total. The molecule has 0 aliphatic heterocycles. The first-order chi connectivity index (χ1) is 10.5. The van der Waals surface area contributed by atoms with Crippen LogP contribution in [0.1, 0.15) is 11.3 Å². The zero-order valence-electron chi connectivity index (χ0n) is 13.0. The molecule has 120 valence electrons. The van der Waals surface area contributed by atoms with Crippen molar-refractivity contribution in [2.24, 2.45) is 0 Å². The molecule has 0 atom stereocenters. The van der Waals surface area contributed by atoms with Gasteiger partial charge in [0.05, 0.1) is 13.7 Å². The molecule has 22 heavy (non-hydrogen) atoms. The van der Waals surface area contributed by atoms with Crippen LogP contribution >= 0.6 is 0 Å². The van der Waals surface area contributed by atoms with Crippen LogP contribution in [0, 0.1) is 6.92 Å². The molecule has 5 heteroatoms. The second-order valence-electron chi connectivity index (χ2n) is 5.33. The van der Waals surface area contributed by atoms with E-state index in [0.29, 0.717) is 19.5 Å². The average molecular weight is 308 g/mol. The Hall–Kier alpha value is -1.88. The fourth-order valence-electron chi connectivity index (χ4n) is 2.72. The number of fused-ring (bicyclic) bond motifs is 1. The molecule has 0 aliphatic rings. The molecule has 2 aromatic rings. The summed E-state index contributed by atoms with van der Waals surface area (Å²) in [4.78, 5) is 5.05. The number of nitrogens with zero attached hydrogens (tertiary/aromatic N) is 1. The highest BCUT2D eigenvalue weighted by Crippen LogP contribution is 2.26. The fourth-order valence-corrected chi connectivity index (χ4v) is 2.72. The molecular formula is C17H22F2N2O. The van der Waals surface area contributed by atoms with E-state index in [1.54, 1.807) is 18.1 Å². The van der Waals surface area contributed by atoms with E-state index >= 15 is 0 Å². The number of halogens is 2. The van der Waals surface area contributed by atoms with Crippen LogP contribution in [0.4, 0.5) is 8.78 Å². The standard InChI is InChI=1S/C17H22F2N2O/c1-4-8-21(11-17(18)19)9-7-14-12(2)20-16-6-5-13(22-3)10-15(14)16/h4-6,10,17,20H,1,7-9,11H2,2-3H3. The second-order valence-corrected chi connectivity index (χ2v) is 5.33. The molecule has 0 fully saturated rings. The minimum Gasteiger partial charge on any atom is -0.497 e.